The molecule has 1 heterocycles. The van der Waals surface area contributed by atoms with Crippen molar-refractivity contribution in [1.82, 2.24) is 14.7 Å². The van der Waals surface area contributed by atoms with Crippen LogP contribution in [0.15, 0.2) is 84.9 Å². The Morgan fingerprint density at radius 3 is 2.37 bits per heavy atom. The number of nitrogens with one attached hydrogen (secondary N) is 1. The zero-order valence-electron chi connectivity index (χ0n) is 21.6. The van der Waals surface area contributed by atoms with Gasteiger partial charge < -0.3 is 10.2 Å². The summed E-state index contributed by atoms with van der Waals surface area (Å²) in [5.74, 6) is -0.905. The lowest BCUT2D eigenvalue weighted by molar-refractivity contribution is -0.116. The third kappa shape index (κ3) is 6.66. The fraction of sp³-hybridized carbons (Fsp3) is 0.233. The SMILES string of the molecule is CC(C)(C)c1cc(NC(=O)CN(CCc2ccccc2)C(=O)c2cccc(F)c2)n(-c2ccccc2Cl)n1. The number of benzene rings is 3. The molecule has 0 unspecified atom stereocenters. The number of anilines is 1. The Hall–Kier alpha value is -3.97. The molecule has 8 heteroatoms. The van der Waals surface area contributed by atoms with Crippen LogP contribution in [0, 0.1) is 5.82 Å². The van der Waals surface area contributed by atoms with Crippen LogP contribution in [0.4, 0.5) is 10.2 Å². The summed E-state index contributed by atoms with van der Waals surface area (Å²) >= 11 is 6.44. The van der Waals surface area contributed by atoms with E-state index in [0.29, 0.717) is 22.9 Å². The van der Waals surface area contributed by atoms with Crippen LogP contribution in [-0.2, 0) is 16.6 Å². The third-order valence-corrected chi connectivity index (χ3v) is 6.35. The second kappa shape index (κ2) is 11.6. The summed E-state index contributed by atoms with van der Waals surface area (Å²) in [6.45, 7) is 6.15. The fourth-order valence-electron chi connectivity index (χ4n) is 3.96. The van der Waals surface area contributed by atoms with Crippen LogP contribution in [0.5, 0.6) is 0 Å². The van der Waals surface area contributed by atoms with E-state index >= 15 is 0 Å². The maximum absolute atomic E-state index is 13.9. The van der Waals surface area contributed by atoms with E-state index in [0.717, 1.165) is 11.3 Å². The number of carbonyl (C=O) groups excluding carboxylic acids is 2. The van der Waals surface area contributed by atoms with E-state index in [1.807, 2.05) is 75.4 Å². The van der Waals surface area contributed by atoms with Crippen molar-refractivity contribution >= 4 is 29.2 Å². The van der Waals surface area contributed by atoms with Gasteiger partial charge in [-0.3, -0.25) is 9.59 Å². The first-order chi connectivity index (χ1) is 18.1. The summed E-state index contributed by atoms with van der Waals surface area (Å²) in [6.07, 6.45) is 0.543. The minimum absolute atomic E-state index is 0.182. The summed E-state index contributed by atoms with van der Waals surface area (Å²) in [6, 6.07) is 24.2. The van der Waals surface area contributed by atoms with Gasteiger partial charge in [0.2, 0.25) is 5.91 Å². The van der Waals surface area contributed by atoms with Crippen LogP contribution in [0.1, 0.15) is 42.4 Å². The minimum atomic E-state index is -0.512. The molecule has 1 N–H and O–H groups in total. The standard InChI is InChI=1S/C30H30ClFN4O2/c1-30(2,3)26-19-27(36(34-26)25-15-8-7-14-24(25)31)33-28(37)20-35(17-16-21-10-5-4-6-11-21)29(38)22-12-9-13-23(32)18-22/h4-15,18-19H,16-17,20H2,1-3H3,(H,33,37). The van der Waals surface area contributed by atoms with Crippen molar-refractivity contribution in [3.05, 3.63) is 113 Å². The fourth-order valence-corrected chi connectivity index (χ4v) is 4.18. The molecule has 2 amide bonds. The van der Waals surface area contributed by atoms with Gasteiger partial charge in [-0.05, 0) is 42.3 Å². The van der Waals surface area contributed by atoms with Crippen LogP contribution in [0.25, 0.3) is 5.69 Å². The molecular weight excluding hydrogens is 503 g/mol. The molecule has 0 aliphatic rings. The van der Waals surface area contributed by atoms with Crippen molar-refractivity contribution in [3.63, 3.8) is 0 Å². The number of rotatable bonds is 8. The van der Waals surface area contributed by atoms with Crippen LogP contribution in [0.3, 0.4) is 0 Å². The molecule has 0 aliphatic carbocycles. The van der Waals surface area contributed by atoms with Gasteiger partial charge in [-0.1, -0.05) is 80.9 Å². The number of hydrogen-bond acceptors (Lipinski definition) is 3. The van der Waals surface area contributed by atoms with Gasteiger partial charge in [0.05, 0.1) is 16.4 Å². The molecule has 1 aromatic heterocycles. The van der Waals surface area contributed by atoms with Crippen LogP contribution in [0.2, 0.25) is 5.02 Å². The monoisotopic (exact) mass is 532 g/mol. The lowest BCUT2D eigenvalue weighted by Gasteiger charge is -2.22. The summed E-state index contributed by atoms with van der Waals surface area (Å²) in [5.41, 5.74) is 2.32. The number of nitrogens with zero attached hydrogens (tertiary/aromatic N) is 3. The summed E-state index contributed by atoms with van der Waals surface area (Å²) < 4.78 is 15.5. The molecule has 0 atom stereocenters. The van der Waals surface area contributed by atoms with Crippen molar-refractivity contribution in [2.24, 2.45) is 0 Å². The summed E-state index contributed by atoms with van der Waals surface area (Å²) in [5, 5.41) is 8.10. The highest BCUT2D eigenvalue weighted by Gasteiger charge is 2.24. The molecule has 196 valence electrons. The molecule has 0 aliphatic heterocycles. The lowest BCUT2D eigenvalue weighted by atomic mass is 9.92. The predicted octanol–water partition coefficient (Wildman–Crippen LogP) is 6.29. The highest BCUT2D eigenvalue weighted by Crippen LogP contribution is 2.29. The first kappa shape index (κ1) is 27.1. The molecule has 6 nitrogen and oxygen atoms in total. The zero-order valence-corrected chi connectivity index (χ0v) is 22.4. The van der Waals surface area contributed by atoms with Crippen molar-refractivity contribution in [2.45, 2.75) is 32.6 Å². The molecule has 0 spiro atoms. The molecule has 0 saturated carbocycles. The molecule has 4 rings (SSSR count). The van der Waals surface area contributed by atoms with Crippen molar-refractivity contribution < 1.29 is 14.0 Å². The molecule has 3 aromatic carbocycles. The molecule has 0 saturated heterocycles. The number of amides is 2. The molecule has 0 fully saturated rings. The number of aromatic nitrogens is 2. The number of para-hydroxylation sites is 1. The van der Waals surface area contributed by atoms with E-state index in [9.17, 15) is 14.0 Å². The maximum Gasteiger partial charge on any atom is 0.254 e. The number of carbonyl (C=O) groups is 2. The Balaban J connectivity index is 1.60. The minimum Gasteiger partial charge on any atom is -0.329 e. The summed E-state index contributed by atoms with van der Waals surface area (Å²) in [7, 11) is 0. The lowest BCUT2D eigenvalue weighted by Crippen LogP contribution is -2.39. The average Bonchev–Trinajstić information content (AvgIpc) is 3.31. The number of halogens is 2. The van der Waals surface area contributed by atoms with E-state index < -0.39 is 17.6 Å². The second-order valence-corrected chi connectivity index (χ2v) is 10.5. The summed E-state index contributed by atoms with van der Waals surface area (Å²) in [4.78, 5) is 28.1. The quantitative estimate of drug-likeness (QED) is 0.290. The molecule has 0 radical (unpaired) electrons. The van der Waals surface area contributed by atoms with E-state index in [4.69, 9.17) is 16.7 Å². The van der Waals surface area contributed by atoms with E-state index in [1.165, 1.54) is 23.1 Å². The number of hydrogen-bond donors (Lipinski definition) is 1. The van der Waals surface area contributed by atoms with E-state index in [-0.39, 0.29) is 24.1 Å². The molecule has 4 aromatic rings. The van der Waals surface area contributed by atoms with Crippen LogP contribution >= 0.6 is 11.6 Å². The van der Waals surface area contributed by atoms with Gasteiger partial charge in [-0.2, -0.15) is 5.10 Å². The third-order valence-electron chi connectivity index (χ3n) is 6.03. The Labute approximate surface area is 227 Å². The first-order valence-corrected chi connectivity index (χ1v) is 12.7. The van der Waals surface area contributed by atoms with Gasteiger partial charge in [0.15, 0.2) is 0 Å². The smallest absolute Gasteiger partial charge is 0.254 e. The van der Waals surface area contributed by atoms with E-state index in [1.54, 1.807) is 16.8 Å². The van der Waals surface area contributed by atoms with Crippen molar-refractivity contribution in [2.75, 3.05) is 18.4 Å². The average molecular weight is 533 g/mol. The van der Waals surface area contributed by atoms with Crippen LogP contribution < -0.4 is 5.32 Å². The van der Waals surface area contributed by atoms with Gasteiger partial charge in [-0.25, -0.2) is 9.07 Å². The maximum atomic E-state index is 13.9. The second-order valence-electron chi connectivity index (χ2n) is 10.0. The van der Waals surface area contributed by atoms with Gasteiger partial charge in [0.25, 0.3) is 5.91 Å². The van der Waals surface area contributed by atoms with Gasteiger partial charge in [0.1, 0.15) is 18.2 Å². The Morgan fingerprint density at radius 1 is 0.974 bits per heavy atom. The van der Waals surface area contributed by atoms with Gasteiger partial charge in [0, 0.05) is 23.6 Å². The Kier molecular flexibility index (Phi) is 8.27. The highest BCUT2D eigenvalue weighted by atomic mass is 35.5. The van der Waals surface area contributed by atoms with Crippen molar-refractivity contribution in [3.8, 4) is 5.69 Å². The normalized spacial score (nSPS) is 11.3. The Bertz CT molecular complexity index is 1430. The zero-order chi connectivity index (χ0) is 27.3. The van der Waals surface area contributed by atoms with Crippen molar-refractivity contribution in [1.29, 1.82) is 0 Å². The highest BCUT2D eigenvalue weighted by molar-refractivity contribution is 6.32. The van der Waals surface area contributed by atoms with Gasteiger partial charge in [-0.15, -0.1) is 0 Å². The topological polar surface area (TPSA) is 67.2 Å². The molecule has 38 heavy (non-hydrogen) atoms. The molecular formula is C30H30ClFN4O2. The van der Waals surface area contributed by atoms with Gasteiger partial charge >= 0.3 is 0 Å². The largest absolute Gasteiger partial charge is 0.329 e. The van der Waals surface area contributed by atoms with E-state index in [2.05, 4.69) is 5.32 Å². The van der Waals surface area contributed by atoms with Crippen LogP contribution in [-0.4, -0.2) is 39.6 Å². The first-order valence-electron chi connectivity index (χ1n) is 12.4. The predicted molar refractivity (Wildman–Crippen MR) is 148 cm³/mol. The molecule has 0 bridgehead atoms. The Morgan fingerprint density at radius 2 is 1.68 bits per heavy atom.